The Kier molecular flexibility index (Phi) is 6.72. The highest BCUT2D eigenvalue weighted by atomic mass is 35.5. The summed E-state index contributed by atoms with van der Waals surface area (Å²) in [5.74, 6) is 0.490. The van der Waals surface area contributed by atoms with Gasteiger partial charge in [0, 0.05) is 18.5 Å². The van der Waals surface area contributed by atoms with Crippen LogP contribution in [-0.4, -0.2) is 37.4 Å². The molecule has 0 bridgehead atoms. The Morgan fingerprint density at radius 2 is 1.97 bits per heavy atom. The van der Waals surface area contributed by atoms with Gasteiger partial charge in [0.05, 0.1) is 16.3 Å². The predicted molar refractivity (Wildman–Crippen MR) is 108 cm³/mol. The standard InChI is InChI=1S/C20H26ClF3N2O3S/c1-2-5-30(28,29)11-14-8-19(9-14,7-13-3-4-13)12-26-18(27)15-10-25-17(6-16(15)21)20(22,23)24/h6,10,13-14H,2-5,7-9,11-12H2,1H3,(H,26,27). The van der Waals surface area contributed by atoms with Crippen LogP contribution in [0.25, 0.3) is 0 Å². The van der Waals surface area contributed by atoms with Crippen molar-refractivity contribution < 1.29 is 26.4 Å². The van der Waals surface area contributed by atoms with Gasteiger partial charge in [0.2, 0.25) is 0 Å². The Morgan fingerprint density at radius 1 is 1.30 bits per heavy atom. The van der Waals surface area contributed by atoms with Gasteiger partial charge in [-0.15, -0.1) is 0 Å². The lowest BCUT2D eigenvalue weighted by Gasteiger charge is -2.48. The largest absolute Gasteiger partial charge is 0.433 e. The number of amides is 1. The Hall–Kier alpha value is -1.35. The summed E-state index contributed by atoms with van der Waals surface area (Å²) >= 11 is 5.88. The van der Waals surface area contributed by atoms with Crippen molar-refractivity contribution in [2.75, 3.05) is 18.1 Å². The number of halogens is 4. The summed E-state index contributed by atoms with van der Waals surface area (Å²) in [4.78, 5) is 15.8. The van der Waals surface area contributed by atoms with Gasteiger partial charge in [-0.3, -0.25) is 9.78 Å². The molecule has 5 nitrogen and oxygen atoms in total. The zero-order chi connectivity index (χ0) is 22.2. The number of aromatic nitrogens is 1. The first-order chi connectivity index (χ1) is 13.9. The highest BCUT2D eigenvalue weighted by Crippen LogP contribution is 2.54. The van der Waals surface area contributed by atoms with Crippen molar-refractivity contribution >= 4 is 27.3 Å². The number of pyridine rings is 1. The molecule has 0 unspecified atom stereocenters. The normalized spacial score (nSPS) is 24.4. The van der Waals surface area contributed by atoms with E-state index < -0.39 is 27.6 Å². The molecule has 0 radical (unpaired) electrons. The first kappa shape index (κ1) is 23.3. The molecule has 2 fully saturated rings. The Balaban J connectivity index is 1.61. The van der Waals surface area contributed by atoms with Crippen LogP contribution in [0.15, 0.2) is 12.3 Å². The molecule has 168 valence electrons. The summed E-state index contributed by atoms with van der Waals surface area (Å²) in [6, 6.07) is 0.647. The number of nitrogens with zero attached hydrogens (tertiary/aromatic N) is 1. The van der Waals surface area contributed by atoms with E-state index in [1.165, 1.54) is 0 Å². The van der Waals surface area contributed by atoms with Crippen LogP contribution in [-0.2, 0) is 16.0 Å². The molecule has 3 rings (SSSR count). The topological polar surface area (TPSA) is 76.1 Å². The Bertz CT molecular complexity index is 895. The summed E-state index contributed by atoms with van der Waals surface area (Å²) < 4.78 is 62.4. The number of rotatable bonds is 9. The Morgan fingerprint density at radius 3 is 2.50 bits per heavy atom. The van der Waals surface area contributed by atoms with Gasteiger partial charge < -0.3 is 5.32 Å². The van der Waals surface area contributed by atoms with Gasteiger partial charge in [-0.1, -0.05) is 31.4 Å². The van der Waals surface area contributed by atoms with Crippen molar-refractivity contribution in [1.82, 2.24) is 10.3 Å². The maximum Gasteiger partial charge on any atom is 0.433 e. The second kappa shape index (κ2) is 8.65. The second-order valence-electron chi connectivity index (χ2n) is 8.77. The lowest BCUT2D eigenvalue weighted by Crippen LogP contribution is -2.48. The summed E-state index contributed by atoms with van der Waals surface area (Å²) in [5, 5.41) is 2.49. The van der Waals surface area contributed by atoms with E-state index in [-0.39, 0.29) is 33.4 Å². The lowest BCUT2D eigenvalue weighted by molar-refractivity contribution is -0.141. The van der Waals surface area contributed by atoms with Gasteiger partial charge in [0.25, 0.3) is 5.91 Å². The molecule has 30 heavy (non-hydrogen) atoms. The molecule has 1 heterocycles. The fourth-order valence-corrected chi connectivity index (χ4v) is 6.45. The maximum atomic E-state index is 12.7. The molecule has 10 heteroatoms. The third-order valence-corrected chi connectivity index (χ3v) is 8.20. The number of alkyl halides is 3. The van der Waals surface area contributed by atoms with E-state index in [0.717, 1.165) is 38.3 Å². The molecule has 0 saturated heterocycles. The fraction of sp³-hybridized carbons (Fsp3) is 0.700. The molecule has 0 aromatic carbocycles. The van der Waals surface area contributed by atoms with Crippen LogP contribution in [0.1, 0.15) is 61.5 Å². The van der Waals surface area contributed by atoms with Crippen LogP contribution >= 0.6 is 11.6 Å². The third kappa shape index (κ3) is 5.87. The molecule has 1 aromatic heterocycles. The van der Waals surface area contributed by atoms with Crippen LogP contribution in [0.3, 0.4) is 0 Å². The molecule has 1 aromatic rings. The molecule has 1 amide bonds. The molecule has 0 spiro atoms. The summed E-state index contributed by atoms with van der Waals surface area (Å²) in [7, 11) is -3.06. The second-order valence-corrected chi connectivity index (χ2v) is 11.4. The van der Waals surface area contributed by atoms with Crippen molar-refractivity contribution in [1.29, 1.82) is 0 Å². The van der Waals surface area contributed by atoms with E-state index in [9.17, 15) is 26.4 Å². The van der Waals surface area contributed by atoms with Gasteiger partial charge in [-0.2, -0.15) is 13.2 Å². The number of carbonyl (C=O) groups excluding carboxylic acids is 1. The van der Waals surface area contributed by atoms with Crippen LogP contribution in [0.2, 0.25) is 5.02 Å². The SMILES string of the molecule is CCCS(=O)(=O)CC1CC(CNC(=O)c2cnc(C(F)(F)F)cc2Cl)(CC2CC2)C1. The molecular weight excluding hydrogens is 441 g/mol. The monoisotopic (exact) mass is 466 g/mol. The number of hydrogen-bond donors (Lipinski definition) is 1. The van der Waals surface area contributed by atoms with E-state index in [0.29, 0.717) is 24.9 Å². The smallest absolute Gasteiger partial charge is 0.351 e. The highest BCUT2D eigenvalue weighted by Gasteiger charge is 2.48. The van der Waals surface area contributed by atoms with Crippen LogP contribution in [0.5, 0.6) is 0 Å². The van der Waals surface area contributed by atoms with Gasteiger partial charge in [-0.25, -0.2) is 8.42 Å². The summed E-state index contributed by atoms with van der Waals surface area (Å²) in [5.41, 5.74) is -1.41. The average molecular weight is 467 g/mol. The maximum absolute atomic E-state index is 12.7. The quantitative estimate of drug-likeness (QED) is 0.581. The van der Waals surface area contributed by atoms with Gasteiger partial charge >= 0.3 is 6.18 Å². The molecular formula is C20H26ClF3N2O3S. The minimum atomic E-state index is -4.63. The predicted octanol–water partition coefficient (Wildman–Crippen LogP) is 4.50. The third-order valence-electron chi connectivity index (χ3n) is 5.88. The van der Waals surface area contributed by atoms with Crippen LogP contribution in [0.4, 0.5) is 13.2 Å². The average Bonchev–Trinajstić information content (AvgIpc) is 3.40. The van der Waals surface area contributed by atoms with Gasteiger partial charge in [-0.05, 0) is 49.0 Å². The zero-order valence-corrected chi connectivity index (χ0v) is 18.3. The number of nitrogens with one attached hydrogen (secondary N) is 1. The lowest BCUT2D eigenvalue weighted by atomic mass is 9.60. The van der Waals surface area contributed by atoms with Crippen molar-refractivity contribution in [3.05, 3.63) is 28.5 Å². The molecule has 1 N–H and O–H groups in total. The molecule has 2 aliphatic rings. The molecule has 0 atom stereocenters. The van der Waals surface area contributed by atoms with Crippen LogP contribution < -0.4 is 5.32 Å². The highest BCUT2D eigenvalue weighted by molar-refractivity contribution is 7.91. The fourth-order valence-electron chi connectivity index (χ4n) is 4.47. The van der Waals surface area contributed by atoms with Crippen molar-refractivity contribution in [3.63, 3.8) is 0 Å². The molecule has 2 aliphatic carbocycles. The number of hydrogen-bond acceptors (Lipinski definition) is 4. The summed E-state index contributed by atoms with van der Waals surface area (Å²) in [6.45, 7) is 2.19. The minimum absolute atomic E-state index is 0.0912. The van der Waals surface area contributed by atoms with E-state index >= 15 is 0 Å². The van der Waals surface area contributed by atoms with Gasteiger partial charge in [0.15, 0.2) is 9.84 Å². The van der Waals surface area contributed by atoms with E-state index in [4.69, 9.17) is 11.6 Å². The van der Waals surface area contributed by atoms with E-state index in [1.54, 1.807) is 0 Å². The Labute approximate surface area is 179 Å². The first-order valence-corrected chi connectivity index (χ1v) is 12.3. The van der Waals surface area contributed by atoms with E-state index in [1.807, 2.05) is 6.92 Å². The van der Waals surface area contributed by atoms with Crippen molar-refractivity contribution in [2.45, 2.75) is 51.6 Å². The van der Waals surface area contributed by atoms with Crippen LogP contribution in [0, 0.1) is 17.3 Å². The minimum Gasteiger partial charge on any atom is -0.351 e. The number of carbonyl (C=O) groups is 1. The molecule has 0 aliphatic heterocycles. The summed E-state index contributed by atoms with van der Waals surface area (Å²) in [6.07, 6.45) is 1.47. The number of sulfone groups is 1. The zero-order valence-electron chi connectivity index (χ0n) is 16.8. The van der Waals surface area contributed by atoms with Crippen molar-refractivity contribution in [2.24, 2.45) is 17.3 Å². The molecule has 2 saturated carbocycles. The van der Waals surface area contributed by atoms with Gasteiger partial charge in [0.1, 0.15) is 5.69 Å². The first-order valence-electron chi connectivity index (χ1n) is 10.1. The van der Waals surface area contributed by atoms with Crippen molar-refractivity contribution in [3.8, 4) is 0 Å². The van der Waals surface area contributed by atoms with E-state index in [2.05, 4.69) is 10.3 Å².